The largest absolute Gasteiger partial charge is 0.310 e. The Labute approximate surface area is 360 Å². The highest BCUT2D eigenvalue weighted by Crippen LogP contribution is 2.44. The second-order valence-corrected chi connectivity index (χ2v) is 14.9. The molecule has 9 heteroatoms. The van der Waals surface area contributed by atoms with Gasteiger partial charge in [-0.1, -0.05) is 97.1 Å². The van der Waals surface area contributed by atoms with Crippen LogP contribution in [0, 0.1) is 29.1 Å². The van der Waals surface area contributed by atoms with Crippen molar-refractivity contribution in [3.05, 3.63) is 241 Å². The molecule has 1 aromatic heterocycles. The quantitative estimate of drug-likeness (QED) is 0.0775. The van der Waals surface area contributed by atoms with E-state index in [4.69, 9.17) is 0 Å². The normalized spacial score (nSPS) is 11.3. The summed E-state index contributed by atoms with van der Waals surface area (Å²) in [5.74, 6) is -10.1. The first-order chi connectivity index (χ1) is 30.9. The second-order valence-electron chi connectivity index (χ2n) is 14.9. The molecule has 10 aromatic rings. The van der Waals surface area contributed by atoms with Crippen LogP contribution in [0.3, 0.4) is 0 Å². The van der Waals surface area contributed by atoms with E-state index in [1.807, 2.05) is 103 Å². The van der Waals surface area contributed by atoms with Gasteiger partial charge in [0.2, 0.25) is 5.82 Å². The lowest BCUT2D eigenvalue weighted by Crippen LogP contribution is -2.13. The summed E-state index contributed by atoms with van der Waals surface area (Å²) < 4.78 is 75.3. The van der Waals surface area contributed by atoms with Crippen LogP contribution in [0.15, 0.2) is 212 Å². The fourth-order valence-corrected chi connectivity index (χ4v) is 8.30. The van der Waals surface area contributed by atoms with Crippen LogP contribution >= 0.6 is 0 Å². The van der Waals surface area contributed by atoms with Gasteiger partial charge in [0.05, 0.1) is 11.0 Å². The van der Waals surface area contributed by atoms with Crippen LogP contribution < -0.4 is 14.7 Å². The Morgan fingerprint density at radius 2 is 0.571 bits per heavy atom. The van der Waals surface area contributed by atoms with Crippen molar-refractivity contribution in [2.75, 3.05) is 14.7 Å². The third-order valence-corrected chi connectivity index (χ3v) is 11.1. The minimum atomic E-state index is -2.21. The van der Waals surface area contributed by atoms with Crippen LogP contribution in [0.4, 0.5) is 73.1 Å². The Bertz CT molecular complexity index is 3170. The van der Waals surface area contributed by atoms with Crippen molar-refractivity contribution in [2.45, 2.75) is 0 Å². The summed E-state index contributed by atoms with van der Waals surface area (Å²) in [4.78, 5) is 6.48. The molecule has 0 saturated carbocycles. The highest BCUT2D eigenvalue weighted by Gasteiger charge is 2.29. The molecule has 306 valence electrons. The van der Waals surface area contributed by atoms with Crippen LogP contribution in [0.1, 0.15) is 0 Å². The van der Waals surface area contributed by atoms with Crippen molar-refractivity contribution in [1.29, 1.82) is 0 Å². The van der Waals surface area contributed by atoms with Crippen molar-refractivity contribution in [2.24, 2.45) is 0 Å². The molecule has 10 rings (SSSR count). The van der Waals surface area contributed by atoms with Crippen molar-refractivity contribution >= 4 is 73.0 Å². The van der Waals surface area contributed by atoms with E-state index >= 15 is 8.78 Å². The predicted octanol–water partition coefficient (Wildman–Crippen LogP) is 15.9. The van der Waals surface area contributed by atoms with Gasteiger partial charge >= 0.3 is 0 Å². The Morgan fingerprint density at radius 1 is 0.254 bits per heavy atom. The van der Waals surface area contributed by atoms with Gasteiger partial charge in [-0.2, -0.15) is 0 Å². The number of aromatic nitrogens is 1. The Morgan fingerprint density at radius 3 is 1.02 bits per heavy atom. The van der Waals surface area contributed by atoms with Gasteiger partial charge in [0.25, 0.3) is 0 Å². The van der Waals surface area contributed by atoms with Crippen molar-refractivity contribution in [1.82, 2.24) is 4.57 Å². The SMILES string of the molecule is Fc1c(F)c(F)c(-n2c3ccccc3c3cc(N(c4ccccc4)c4ccc(N(c5ccccc5)c5cccc(N(c6ccccc6)c6ccccc6)c5)cc4)ccc32)c(F)c1F. The van der Waals surface area contributed by atoms with Gasteiger partial charge in [-0.25, -0.2) is 22.0 Å². The molecule has 0 unspecified atom stereocenters. The Balaban J connectivity index is 1.09. The van der Waals surface area contributed by atoms with E-state index in [9.17, 15) is 13.2 Å². The standard InChI is InChI=1S/C54H35F5N4/c55-49-50(56)52(58)54(53(59)51(49)57)63-47-27-14-13-26-45(47)46-35-44(32-33-48(46)63)62(39-22-11-4-12-23-39)41-30-28-40(29-31-41)61(38-20-9-3-10-21-38)43-25-15-24-42(34-43)60(36-16-5-1-6-17-36)37-18-7-2-8-19-37/h1-35H. The maximum absolute atomic E-state index is 15.4. The third-order valence-electron chi connectivity index (χ3n) is 11.1. The topological polar surface area (TPSA) is 14.7 Å². The molecule has 9 aromatic carbocycles. The van der Waals surface area contributed by atoms with Crippen LogP contribution in [0.25, 0.3) is 27.5 Å². The molecule has 0 fully saturated rings. The van der Waals surface area contributed by atoms with E-state index in [1.165, 1.54) is 0 Å². The van der Waals surface area contributed by atoms with Gasteiger partial charge < -0.3 is 19.3 Å². The van der Waals surface area contributed by atoms with Gasteiger partial charge in [0.15, 0.2) is 23.3 Å². The molecule has 0 N–H and O–H groups in total. The van der Waals surface area contributed by atoms with Crippen LogP contribution in [0.2, 0.25) is 0 Å². The number of halogens is 5. The molecular weight excluding hydrogens is 800 g/mol. The van der Waals surface area contributed by atoms with E-state index in [0.717, 1.165) is 50.1 Å². The van der Waals surface area contributed by atoms with Crippen molar-refractivity contribution in [3.8, 4) is 5.69 Å². The zero-order valence-electron chi connectivity index (χ0n) is 33.4. The molecular formula is C54H35F5N4. The fourth-order valence-electron chi connectivity index (χ4n) is 8.30. The van der Waals surface area contributed by atoms with Crippen molar-refractivity contribution in [3.63, 3.8) is 0 Å². The van der Waals surface area contributed by atoms with Gasteiger partial charge in [-0.05, 0) is 115 Å². The van der Waals surface area contributed by atoms with Gasteiger partial charge in [0.1, 0.15) is 5.69 Å². The van der Waals surface area contributed by atoms with Crippen molar-refractivity contribution < 1.29 is 22.0 Å². The molecule has 0 saturated heterocycles. The number of anilines is 9. The molecule has 0 aliphatic rings. The fraction of sp³-hybridized carbons (Fsp3) is 0. The second kappa shape index (κ2) is 16.4. The molecule has 1 heterocycles. The van der Waals surface area contributed by atoms with Crippen LogP contribution in [0.5, 0.6) is 0 Å². The Hall–Kier alpha value is -8.17. The first kappa shape index (κ1) is 39.0. The average molecular weight is 835 g/mol. The smallest absolute Gasteiger partial charge is 0.200 e. The molecule has 0 radical (unpaired) electrons. The molecule has 0 atom stereocenters. The molecule has 63 heavy (non-hydrogen) atoms. The van der Waals surface area contributed by atoms with Gasteiger partial charge in [-0.3, -0.25) is 0 Å². The maximum atomic E-state index is 15.4. The maximum Gasteiger partial charge on any atom is 0.200 e. The zero-order chi connectivity index (χ0) is 43.0. The molecule has 0 amide bonds. The first-order valence-corrected chi connectivity index (χ1v) is 20.2. The lowest BCUT2D eigenvalue weighted by atomic mass is 10.1. The van der Waals surface area contributed by atoms with Gasteiger partial charge in [0, 0.05) is 62.0 Å². The van der Waals surface area contributed by atoms with E-state index in [0.29, 0.717) is 16.5 Å². The number of fused-ring (bicyclic) bond motifs is 3. The number of hydrogen-bond acceptors (Lipinski definition) is 3. The average Bonchev–Trinajstić information content (AvgIpc) is 3.66. The lowest BCUT2D eigenvalue weighted by molar-refractivity contribution is 0.376. The predicted molar refractivity (Wildman–Crippen MR) is 245 cm³/mol. The summed E-state index contributed by atoms with van der Waals surface area (Å²) >= 11 is 0. The van der Waals surface area contributed by atoms with E-state index in [1.54, 1.807) is 36.4 Å². The van der Waals surface area contributed by atoms with Gasteiger partial charge in [-0.15, -0.1) is 0 Å². The Kier molecular flexibility index (Phi) is 10.1. The molecule has 0 spiro atoms. The zero-order valence-corrected chi connectivity index (χ0v) is 33.4. The summed E-state index contributed by atoms with van der Waals surface area (Å²) in [6.45, 7) is 0. The minimum absolute atomic E-state index is 0.269. The number of rotatable bonds is 10. The first-order valence-electron chi connectivity index (χ1n) is 20.2. The van der Waals surface area contributed by atoms with E-state index in [2.05, 4.69) is 87.5 Å². The molecule has 0 aliphatic carbocycles. The third kappa shape index (κ3) is 6.99. The number of benzene rings is 9. The van der Waals surface area contributed by atoms with Crippen LogP contribution in [-0.2, 0) is 0 Å². The van der Waals surface area contributed by atoms with E-state index in [-0.39, 0.29) is 11.0 Å². The lowest BCUT2D eigenvalue weighted by Gasteiger charge is -2.30. The highest BCUT2D eigenvalue weighted by atomic mass is 19.2. The number of para-hydroxylation sites is 5. The monoisotopic (exact) mass is 834 g/mol. The summed E-state index contributed by atoms with van der Waals surface area (Å²) in [7, 11) is 0. The number of hydrogen-bond donors (Lipinski definition) is 0. The summed E-state index contributed by atoms with van der Waals surface area (Å²) in [6.07, 6.45) is 0. The molecule has 0 bridgehead atoms. The summed E-state index contributed by atoms with van der Waals surface area (Å²) in [6, 6.07) is 69.1. The highest BCUT2D eigenvalue weighted by molar-refractivity contribution is 6.10. The summed E-state index contributed by atoms with van der Waals surface area (Å²) in [5, 5.41) is 1.13. The van der Waals surface area contributed by atoms with Crippen LogP contribution in [-0.4, -0.2) is 4.57 Å². The summed E-state index contributed by atoms with van der Waals surface area (Å²) in [5.41, 5.74) is 7.71. The number of nitrogens with zero attached hydrogens (tertiary/aromatic N) is 4. The van der Waals surface area contributed by atoms with E-state index < -0.39 is 34.8 Å². The molecule has 4 nitrogen and oxygen atoms in total. The molecule has 0 aliphatic heterocycles. The minimum Gasteiger partial charge on any atom is -0.310 e.